The van der Waals surface area contributed by atoms with Crippen LogP contribution in [0.4, 0.5) is 5.69 Å². The minimum Gasteiger partial charge on any atom is -0.371 e. The molecule has 0 radical (unpaired) electrons. The van der Waals surface area contributed by atoms with Gasteiger partial charge in [-0.3, -0.25) is 4.98 Å². The second-order valence-electron chi connectivity index (χ2n) is 6.76. The first kappa shape index (κ1) is 12.0. The van der Waals surface area contributed by atoms with E-state index in [1.165, 1.54) is 55.6 Å². The molecule has 0 bridgehead atoms. The number of hydrogen-bond acceptors (Lipinski definition) is 2. The van der Waals surface area contributed by atoms with Gasteiger partial charge in [0.05, 0.1) is 27.2 Å². The highest BCUT2D eigenvalue weighted by atomic mass is 15.3. The molecule has 1 aromatic heterocycles. The molecule has 98 valence electrons. The third-order valence-corrected chi connectivity index (χ3v) is 4.86. The number of piperidine rings is 1. The van der Waals surface area contributed by atoms with Crippen LogP contribution in [0.2, 0.25) is 0 Å². The maximum Gasteiger partial charge on any atom is 0.0843 e. The number of anilines is 1. The number of likely N-dealkylation sites (tertiary alicyclic amines) is 1. The van der Waals surface area contributed by atoms with Crippen LogP contribution in [-0.4, -0.2) is 49.7 Å². The third-order valence-electron chi connectivity index (χ3n) is 4.86. The number of quaternary nitrogens is 1. The van der Waals surface area contributed by atoms with Gasteiger partial charge in [-0.2, -0.15) is 0 Å². The van der Waals surface area contributed by atoms with Crippen molar-refractivity contribution in [3.63, 3.8) is 0 Å². The molecular weight excluding hydrogens is 222 g/mol. The van der Waals surface area contributed by atoms with Crippen molar-refractivity contribution in [1.82, 2.24) is 4.98 Å². The lowest BCUT2D eigenvalue weighted by Gasteiger charge is -2.40. The fourth-order valence-corrected chi connectivity index (χ4v) is 3.81. The predicted molar refractivity (Wildman–Crippen MR) is 74.6 cm³/mol. The van der Waals surface area contributed by atoms with Gasteiger partial charge in [0, 0.05) is 43.0 Å². The highest BCUT2D eigenvalue weighted by Crippen LogP contribution is 2.42. The Morgan fingerprint density at radius 1 is 1.11 bits per heavy atom. The molecular formula is C15H24N3+. The standard InChI is InChI=1S/C15H24N3/c1-18(2)12-7-15(13-18)5-10-17(11-6-15)14-3-8-16-9-4-14/h3-4,8-9H,5-7,10-13H2,1-2H3/q+1. The van der Waals surface area contributed by atoms with Gasteiger partial charge in [0.15, 0.2) is 0 Å². The lowest BCUT2D eigenvalue weighted by molar-refractivity contribution is -0.881. The molecule has 0 saturated carbocycles. The normalized spacial score (nSPS) is 25.6. The van der Waals surface area contributed by atoms with Crippen LogP contribution in [0.3, 0.4) is 0 Å². The van der Waals surface area contributed by atoms with Crippen molar-refractivity contribution in [3.8, 4) is 0 Å². The second kappa shape index (κ2) is 4.23. The van der Waals surface area contributed by atoms with E-state index < -0.39 is 0 Å². The highest BCUT2D eigenvalue weighted by Gasteiger charge is 2.45. The van der Waals surface area contributed by atoms with Crippen molar-refractivity contribution in [2.45, 2.75) is 19.3 Å². The SMILES string of the molecule is C[N+]1(C)CCC2(CCN(c3ccncc3)CC2)C1. The van der Waals surface area contributed by atoms with E-state index in [1.54, 1.807) is 0 Å². The van der Waals surface area contributed by atoms with Gasteiger partial charge in [-0.15, -0.1) is 0 Å². The average Bonchev–Trinajstić information content (AvgIpc) is 2.67. The molecule has 0 atom stereocenters. The highest BCUT2D eigenvalue weighted by molar-refractivity contribution is 5.45. The Bertz CT molecular complexity index is 405. The summed E-state index contributed by atoms with van der Waals surface area (Å²) in [6.45, 7) is 5.15. The maximum absolute atomic E-state index is 4.10. The summed E-state index contributed by atoms with van der Waals surface area (Å²) in [6.07, 6.45) is 7.93. The van der Waals surface area contributed by atoms with Crippen LogP contribution in [0.5, 0.6) is 0 Å². The molecule has 3 nitrogen and oxygen atoms in total. The fourth-order valence-electron chi connectivity index (χ4n) is 3.81. The molecule has 0 N–H and O–H groups in total. The zero-order valence-corrected chi connectivity index (χ0v) is 11.6. The predicted octanol–water partition coefficient (Wildman–Crippen LogP) is 2.15. The largest absolute Gasteiger partial charge is 0.371 e. The van der Waals surface area contributed by atoms with Gasteiger partial charge in [0.1, 0.15) is 0 Å². The van der Waals surface area contributed by atoms with Crippen LogP contribution in [-0.2, 0) is 0 Å². The monoisotopic (exact) mass is 246 g/mol. The average molecular weight is 246 g/mol. The van der Waals surface area contributed by atoms with Crippen LogP contribution in [0.1, 0.15) is 19.3 Å². The van der Waals surface area contributed by atoms with Gasteiger partial charge in [-0.05, 0) is 25.0 Å². The van der Waals surface area contributed by atoms with Crippen molar-refractivity contribution in [2.24, 2.45) is 5.41 Å². The van der Waals surface area contributed by atoms with Crippen LogP contribution >= 0.6 is 0 Å². The molecule has 0 unspecified atom stereocenters. The summed E-state index contributed by atoms with van der Waals surface area (Å²) in [4.78, 5) is 6.62. The van der Waals surface area contributed by atoms with E-state index in [0.717, 1.165) is 0 Å². The van der Waals surface area contributed by atoms with Gasteiger partial charge >= 0.3 is 0 Å². The Kier molecular flexibility index (Phi) is 2.81. The Morgan fingerprint density at radius 2 is 1.78 bits per heavy atom. The fraction of sp³-hybridized carbons (Fsp3) is 0.667. The van der Waals surface area contributed by atoms with E-state index in [4.69, 9.17) is 0 Å². The van der Waals surface area contributed by atoms with Crippen molar-refractivity contribution in [1.29, 1.82) is 0 Å². The summed E-state index contributed by atoms with van der Waals surface area (Å²) < 4.78 is 1.22. The summed E-state index contributed by atoms with van der Waals surface area (Å²) in [5.41, 5.74) is 1.97. The molecule has 2 fully saturated rings. The molecule has 3 rings (SSSR count). The molecule has 2 aliphatic heterocycles. The summed E-state index contributed by atoms with van der Waals surface area (Å²) in [5, 5.41) is 0. The van der Waals surface area contributed by atoms with Gasteiger partial charge in [-0.25, -0.2) is 0 Å². The zero-order chi connectivity index (χ0) is 12.6. The van der Waals surface area contributed by atoms with E-state index in [-0.39, 0.29) is 0 Å². The van der Waals surface area contributed by atoms with E-state index in [1.807, 2.05) is 12.4 Å². The lowest BCUT2D eigenvalue weighted by Crippen LogP contribution is -2.44. The molecule has 3 heteroatoms. The summed E-state index contributed by atoms with van der Waals surface area (Å²) in [7, 11) is 4.76. The second-order valence-corrected chi connectivity index (χ2v) is 6.76. The first-order valence-corrected chi connectivity index (χ1v) is 7.06. The summed E-state index contributed by atoms with van der Waals surface area (Å²) in [5.74, 6) is 0. The van der Waals surface area contributed by atoms with Crippen LogP contribution < -0.4 is 4.90 Å². The molecule has 3 heterocycles. The molecule has 0 aliphatic carbocycles. The maximum atomic E-state index is 4.10. The Labute approximate surface area is 110 Å². The summed E-state index contributed by atoms with van der Waals surface area (Å²) >= 11 is 0. The van der Waals surface area contributed by atoms with E-state index in [2.05, 4.69) is 36.1 Å². The molecule has 0 amide bonds. The Hall–Kier alpha value is -1.09. The van der Waals surface area contributed by atoms with Crippen LogP contribution in [0.15, 0.2) is 24.5 Å². The van der Waals surface area contributed by atoms with Gasteiger partial charge in [0.25, 0.3) is 0 Å². The van der Waals surface area contributed by atoms with Crippen molar-refractivity contribution in [2.75, 3.05) is 45.2 Å². The quantitative estimate of drug-likeness (QED) is 0.706. The number of pyridine rings is 1. The number of nitrogens with zero attached hydrogens (tertiary/aromatic N) is 3. The van der Waals surface area contributed by atoms with E-state index in [0.29, 0.717) is 5.41 Å². The molecule has 18 heavy (non-hydrogen) atoms. The number of hydrogen-bond donors (Lipinski definition) is 0. The smallest absolute Gasteiger partial charge is 0.0843 e. The number of rotatable bonds is 1. The zero-order valence-electron chi connectivity index (χ0n) is 11.6. The minimum atomic E-state index is 0.632. The lowest BCUT2D eigenvalue weighted by atomic mass is 9.77. The van der Waals surface area contributed by atoms with Crippen molar-refractivity contribution in [3.05, 3.63) is 24.5 Å². The van der Waals surface area contributed by atoms with Crippen LogP contribution in [0.25, 0.3) is 0 Å². The van der Waals surface area contributed by atoms with E-state index >= 15 is 0 Å². The topological polar surface area (TPSA) is 16.1 Å². The molecule has 2 aliphatic rings. The van der Waals surface area contributed by atoms with Gasteiger partial charge < -0.3 is 9.38 Å². The number of aromatic nitrogens is 1. The Morgan fingerprint density at radius 3 is 2.33 bits per heavy atom. The van der Waals surface area contributed by atoms with E-state index in [9.17, 15) is 0 Å². The molecule has 1 aromatic rings. The first-order valence-electron chi connectivity index (χ1n) is 7.06. The molecule has 1 spiro atoms. The van der Waals surface area contributed by atoms with Crippen molar-refractivity contribution >= 4 is 5.69 Å². The van der Waals surface area contributed by atoms with Gasteiger partial charge in [-0.1, -0.05) is 0 Å². The minimum absolute atomic E-state index is 0.632. The Balaban J connectivity index is 1.65. The van der Waals surface area contributed by atoms with Gasteiger partial charge in [0.2, 0.25) is 0 Å². The first-order chi connectivity index (χ1) is 8.59. The summed E-state index contributed by atoms with van der Waals surface area (Å²) in [6, 6.07) is 4.26. The molecule has 2 saturated heterocycles. The van der Waals surface area contributed by atoms with Crippen molar-refractivity contribution < 1.29 is 4.48 Å². The third kappa shape index (κ3) is 2.24. The van der Waals surface area contributed by atoms with Crippen LogP contribution in [0, 0.1) is 5.41 Å². The molecule has 0 aromatic carbocycles.